The molecule has 0 bridgehead atoms. The van der Waals surface area contributed by atoms with Gasteiger partial charge in [-0.25, -0.2) is 9.59 Å². The number of carbonyl (C=O) groups is 2. The van der Waals surface area contributed by atoms with Gasteiger partial charge in [0.15, 0.2) is 0 Å². The monoisotopic (exact) mass is 365 g/mol. The number of hydrogen-bond donors (Lipinski definition) is 2. The standard InChI is InChI=1S/C22H23NO4/c1-2-3-4-13-20(21(24)25)23-22(26)27-14-19-17-11-7-5-9-15(17)16-10-6-8-12-18(16)19/h4-13,19-20H,2-3,14H2,1H3,(H,23,26)(H,24,25)/t20-/m0/s1. The molecule has 1 aliphatic carbocycles. The van der Waals surface area contributed by atoms with Crippen LogP contribution in [0.3, 0.4) is 0 Å². The van der Waals surface area contributed by atoms with Gasteiger partial charge in [-0.1, -0.05) is 74.0 Å². The lowest BCUT2D eigenvalue weighted by Crippen LogP contribution is -2.40. The molecule has 0 spiro atoms. The summed E-state index contributed by atoms with van der Waals surface area (Å²) in [5, 5.41) is 11.6. The third kappa shape index (κ3) is 4.19. The lowest BCUT2D eigenvalue weighted by atomic mass is 9.98. The molecule has 0 heterocycles. The third-order valence-electron chi connectivity index (χ3n) is 4.67. The summed E-state index contributed by atoms with van der Waals surface area (Å²) in [6.07, 6.45) is 4.17. The molecule has 0 aromatic heterocycles. The first-order chi connectivity index (χ1) is 13.1. The van der Waals surface area contributed by atoms with E-state index in [0.717, 1.165) is 35.1 Å². The summed E-state index contributed by atoms with van der Waals surface area (Å²) in [5.41, 5.74) is 4.52. The number of carboxylic acid groups (broad SMARTS) is 1. The smallest absolute Gasteiger partial charge is 0.408 e. The number of allylic oxidation sites excluding steroid dienone is 1. The number of aliphatic carboxylic acids is 1. The van der Waals surface area contributed by atoms with E-state index in [0.29, 0.717) is 0 Å². The van der Waals surface area contributed by atoms with Crippen molar-refractivity contribution in [2.75, 3.05) is 6.61 Å². The molecule has 140 valence electrons. The number of carboxylic acids is 1. The van der Waals surface area contributed by atoms with Gasteiger partial charge >= 0.3 is 12.1 Å². The summed E-state index contributed by atoms with van der Waals surface area (Å²) in [4.78, 5) is 23.4. The fourth-order valence-electron chi connectivity index (χ4n) is 3.36. The summed E-state index contributed by atoms with van der Waals surface area (Å²) in [7, 11) is 0. The van der Waals surface area contributed by atoms with Crippen molar-refractivity contribution < 1.29 is 19.4 Å². The number of amides is 1. The molecule has 27 heavy (non-hydrogen) atoms. The molecule has 0 saturated carbocycles. The number of carbonyl (C=O) groups excluding carboxylic acids is 1. The van der Waals surface area contributed by atoms with Crippen molar-refractivity contribution in [3.8, 4) is 11.1 Å². The average Bonchev–Trinajstić information content (AvgIpc) is 2.99. The zero-order valence-corrected chi connectivity index (χ0v) is 15.2. The van der Waals surface area contributed by atoms with E-state index >= 15 is 0 Å². The molecule has 1 amide bonds. The highest BCUT2D eigenvalue weighted by molar-refractivity contribution is 5.82. The molecule has 0 radical (unpaired) electrons. The van der Waals surface area contributed by atoms with Crippen LogP contribution < -0.4 is 5.32 Å². The van der Waals surface area contributed by atoms with E-state index in [1.165, 1.54) is 6.08 Å². The fraction of sp³-hybridized carbons (Fsp3) is 0.273. The van der Waals surface area contributed by atoms with Gasteiger partial charge in [0.1, 0.15) is 12.6 Å². The Labute approximate surface area is 158 Å². The Morgan fingerprint density at radius 1 is 1.11 bits per heavy atom. The topological polar surface area (TPSA) is 75.6 Å². The summed E-state index contributed by atoms with van der Waals surface area (Å²) >= 11 is 0. The van der Waals surface area contributed by atoms with Crippen LogP contribution in [0, 0.1) is 0 Å². The maximum Gasteiger partial charge on any atom is 0.408 e. The lowest BCUT2D eigenvalue weighted by Gasteiger charge is -2.16. The number of rotatable bonds is 7. The zero-order valence-electron chi connectivity index (χ0n) is 15.2. The van der Waals surface area contributed by atoms with Crippen molar-refractivity contribution in [3.63, 3.8) is 0 Å². The van der Waals surface area contributed by atoms with Gasteiger partial charge in [0.05, 0.1) is 0 Å². The number of ether oxygens (including phenoxy) is 1. The largest absolute Gasteiger partial charge is 0.479 e. The van der Waals surface area contributed by atoms with Crippen LogP contribution in [0.4, 0.5) is 4.79 Å². The molecule has 0 fully saturated rings. The van der Waals surface area contributed by atoms with E-state index < -0.39 is 18.1 Å². The van der Waals surface area contributed by atoms with Crippen molar-refractivity contribution in [3.05, 3.63) is 71.8 Å². The van der Waals surface area contributed by atoms with Gasteiger partial charge < -0.3 is 15.2 Å². The minimum absolute atomic E-state index is 0.0536. The van der Waals surface area contributed by atoms with Gasteiger partial charge in [0.2, 0.25) is 0 Å². The van der Waals surface area contributed by atoms with E-state index in [9.17, 15) is 14.7 Å². The maximum absolute atomic E-state index is 12.1. The first-order valence-electron chi connectivity index (χ1n) is 9.12. The lowest BCUT2D eigenvalue weighted by molar-refractivity contribution is -0.138. The van der Waals surface area contributed by atoms with Crippen LogP contribution in [0.1, 0.15) is 36.8 Å². The Kier molecular flexibility index (Phi) is 5.91. The minimum atomic E-state index is -1.11. The zero-order chi connectivity index (χ0) is 19.2. The molecule has 2 aromatic carbocycles. The molecule has 0 unspecified atom stereocenters. The quantitative estimate of drug-likeness (QED) is 0.716. The minimum Gasteiger partial charge on any atom is -0.479 e. The molecule has 2 N–H and O–H groups in total. The first-order valence-corrected chi connectivity index (χ1v) is 9.12. The van der Waals surface area contributed by atoms with Crippen LogP contribution in [0.25, 0.3) is 11.1 Å². The Bertz CT molecular complexity index is 813. The van der Waals surface area contributed by atoms with Gasteiger partial charge in [0.25, 0.3) is 0 Å². The van der Waals surface area contributed by atoms with Crippen LogP contribution in [-0.4, -0.2) is 29.8 Å². The second kappa shape index (κ2) is 8.54. The van der Waals surface area contributed by atoms with Crippen LogP contribution in [0.2, 0.25) is 0 Å². The van der Waals surface area contributed by atoms with Crippen LogP contribution in [-0.2, 0) is 9.53 Å². The van der Waals surface area contributed by atoms with E-state index in [1.54, 1.807) is 6.08 Å². The number of unbranched alkanes of at least 4 members (excludes halogenated alkanes) is 1. The molecule has 1 aliphatic rings. The third-order valence-corrected chi connectivity index (χ3v) is 4.67. The van der Waals surface area contributed by atoms with Gasteiger partial charge in [-0.05, 0) is 28.7 Å². The van der Waals surface area contributed by atoms with Crippen LogP contribution in [0.5, 0.6) is 0 Å². The van der Waals surface area contributed by atoms with Crippen molar-refractivity contribution >= 4 is 12.1 Å². The van der Waals surface area contributed by atoms with Gasteiger partial charge in [-0.2, -0.15) is 0 Å². The number of nitrogens with one attached hydrogen (secondary N) is 1. The molecule has 5 nitrogen and oxygen atoms in total. The normalized spacial score (nSPS) is 13.8. The molecule has 0 aliphatic heterocycles. The SMILES string of the molecule is CCCC=C[C@H](NC(=O)OCC1c2ccccc2-c2ccccc21)C(=O)O. The van der Waals surface area contributed by atoms with E-state index in [1.807, 2.05) is 43.3 Å². The van der Waals surface area contributed by atoms with Gasteiger partial charge in [0, 0.05) is 5.92 Å². The van der Waals surface area contributed by atoms with Crippen molar-refractivity contribution in [1.29, 1.82) is 0 Å². The second-order valence-electron chi connectivity index (χ2n) is 6.50. The highest BCUT2D eigenvalue weighted by atomic mass is 16.5. The maximum atomic E-state index is 12.1. The summed E-state index contributed by atoms with van der Waals surface area (Å²) in [6.45, 7) is 2.16. The van der Waals surface area contributed by atoms with E-state index in [-0.39, 0.29) is 12.5 Å². The summed E-state index contributed by atoms with van der Waals surface area (Å²) in [5.74, 6) is -1.17. The Balaban J connectivity index is 1.68. The molecule has 0 saturated heterocycles. The Morgan fingerprint density at radius 2 is 1.70 bits per heavy atom. The first kappa shape index (κ1) is 18.7. The molecule has 1 atom stereocenters. The Hall–Kier alpha value is -3.08. The number of fused-ring (bicyclic) bond motifs is 3. The highest BCUT2D eigenvalue weighted by Crippen LogP contribution is 2.44. The highest BCUT2D eigenvalue weighted by Gasteiger charge is 2.29. The van der Waals surface area contributed by atoms with E-state index in [4.69, 9.17) is 4.74 Å². The molecular weight excluding hydrogens is 342 g/mol. The van der Waals surface area contributed by atoms with Crippen molar-refractivity contribution in [2.24, 2.45) is 0 Å². The number of hydrogen-bond acceptors (Lipinski definition) is 3. The summed E-state index contributed by atoms with van der Waals surface area (Å²) < 4.78 is 5.38. The molecular formula is C22H23NO4. The predicted molar refractivity (Wildman–Crippen MR) is 104 cm³/mol. The van der Waals surface area contributed by atoms with Crippen molar-refractivity contribution in [1.82, 2.24) is 5.32 Å². The van der Waals surface area contributed by atoms with Gasteiger partial charge in [-0.3, -0.25) is 0 Å². The Morgan fingerprint density at radius 3 is 2.26 bits per heavy atom. The summed E-state index contributed by atoms with van der Waals surface area (Å²) in [6, 6.07) is 15.0. The number of alkyl carbamates (subject to hydrolysis) is 1. The van der Waals surface area contributed by atoms with Crippen molar-refractivity contribution in [2.45, 2.75) is 31.7 Å². The molecule has 2 aromatic rings. The average molecular weight is 365 g/mol. The predicted octanol–water partition coefficient (Wildman–Crippen LogP) is 4.33. The van der Waals surface area contributed by atoms with Gasteiger partial charge in [-0.15, -0.1) is 0 Å². The number of benzene rings is 2. The van der Waals surface area contributed by atoms with E-state index in [2.05, 4.69) is 17.4 Å². The molecule has 3 rings (SSSR count). The second-order valence-corrected chi connectivity index (χ2v) is 6.50. The molecule has 5 heteroatoms. The fourth-order valence-corrected chi connectivity index (χ4v) is 3.36. The van der Waals surface area contributed by atoms with Crippen LogP contribution >= 0.6 is 0 Å². The van der Waals surface area contributed by atoms with Crippen LogP contribution in [0.15, 0.2) is 60.7 Å².